The van der Waals surface area contributed by atoms with Gasteiger partial charge < -0.3 is 4.40 Å². The SMILES string of the molecule is Cc1ccc(S(=O)(=O)NCCc2cn3cc(Cl)ccc3n2)cc1. The molecule has 23 heavy (non-hydrogen) atoms. The third-order valence-corrected chi connectivity index (χ3v) is 5.17. The van der Waals surface area contributed by atoms with E-state index in [4.69, 9.17) is 11.6 Å². The summed E-state index contributed by atoms with van der Waals surface area (Å²) in [5.74, 6) is 0. The molecule has 0 atom stereocenters. The van der Waals surface area contributed by atoms with Crippen LogP contribution in [0.4, 0.5) is 0 Å². The molecule has 0 fully saturated rings. The zero-order valence-corrected chi connectivity index (χ0v) is 14.1. The van der Waals surface area contributed by atoms with E-state index >= 15 is 0 Å². The number of rotatable bonds is 5. The highest BCUT2D eigenvalue weighted by Gasteiger charge is 2.13. The van der Waals surface area contributed by atoms with Gasteiger partial charge in [-0.2, -0.15) is 0 Å². The molecule has 0 aliphatic rings. The Labute approximate surface area is 140 Å². The number of hydrogen-bond acceptors (Lipinski definition) is 3. The lowest BCUT2D eigenvalue weighted by atomic mass is 10.2. The molecule has 2 aromatic heterocycles. The highest BCUT2D eigenvalue weighted by Crippen LogP contribution is 2.13. The first-order valence-corrected chi connectivity index (χ1v) is 9.00. The molecular weight excluding hydrogens is 334 g/mol. The molecule has 1 aromatic carbocycles. The third-order valence-electron chi connectivity index (χ3n) is 3.47. The maximum atomic E-state index is 12.2. The van der Waals surface area contributed by atoms with Gasteiger partial charge in [0.05, 0.1) is 15.6 Å². The maximum absolute atomic E-state index is 12.2. The molecule has 3 rings (SSSR count). The van der Waals surface area contributed by atoms with Crippen molar-refractivity contribution < 1.29 is 8.42 Å². The van der Waals surface area contributed by atoms with Crippen molar-refractivity contribution in [3.63, 3.8) is 0 Å². The monoisotopic (exact) mass is 349 g/mol. The highest BCUT2D eigenvalue weighted by atomic mass is 35.5. The van der Waals surface area contributed by atoms with Crippen molar-refractivity contribution in [1.29, 1.82) is 0 Å². The van der Waals surface area contributed by atoms with E-state index in [2.05, 4.69) is 9.71 Å². The fraction of sp³-hybridized carbons (Fsp3) is 0.188. The van der Waals surface area contributed by atoms with Crippen molar-refractivity contribution in [3.8, 4) is 0 Å². The number of aromatic nitrogens is 2. The van der Waals surface area contributed by atoms with Gasteiger partial charge in [-0.25, -0.2) is 18.1 Å². The van der Waals surface area contributed by atoms with E-state index in [1.165, 1.54) is 0 Å². The van der Waals surface area contributed by atoms with Gasteiger partial charge in [-0.05, 0) is 31.2 Å². The van der Waals surface area contributed by atoms with E-state index < -0.39 is 10.0 Å². The van der Waals surface area contributed by atoms with Crippen molar-refractivity contribution in [2.75, 3.05) is 6.54 Å². The Morgan fingerprint density at radius 2 is 1.87 bits per heavy atom. The molecule has 0 saturated heterocycles. The second-order valence-electron chi connectivity index (χ2n) is 5.31. The molecule has 0 bridgehead atoms. The summed E-state index contributed by atoms with van der Waals surface area (Å²) in [4.78, 5) is 4.70. The van der Waals surface area contributed by atoms with E-state index in [-0.39, 0.29) is 11.4 Å². The fourth-order valence-electron chi connectivity index (χ4n) is 2.25. The molecule has 0 radical (unpaired) electrons. The second-order valence-corrected chi connectivity index (χ2v) is 7.51. The minimum atomic E-state index is -3.49. The Balaban J connectivity index is 1.66. The van der Waals surface area contributed by atoms with E-state index in [9.17, 15) is 8.42 Å². The zero-order valence-electron chi connectivity index (χ0n) is 12.5. The smallest absolute Gasteiger partial charge is 0.240 e. The zero-order chi connectivity index (χ0) is 16.4. The van der Waals surface area contributed by atoms with Crippen LogP contribution < -0.4 is 4.72 Å². The lowest BCUT2D eigenvalue weighted by Crippen LogP contribution is -2.26. The van der Waals surface area contributed by atoms with E-state index in [1.54, 1.807) is 36.5 Å². The van der Waals surface area contributed by atoms with Gasteiger partial charge in [-0.3, -0.25) is 0 Å². The summed E-state index contributed by atoms with van der Waals surface area (Å²) in [5.41, 5.74) is 2.61. The number of halogens is 1. The topological polar surface area (TPSA) is 63.5 Å². The van der Waals surface area contributed by atoms with Crippen LogP contribution in [0.15, 0.2) is 53.7 Å². The van der Waals surface area contributed by atoms with Crippen molar-refractivity contribution >= 4 is 27.3 Å². The Morgan fingerprint density at radius 1 is 1.13 bits per heavy atom. The lowest BCUT2D eigenvalue weighted by Gasteiger charge is -2.06. The summed E-state index contributed by atoms with van der Waals surface area (Å²) < 4.78 is 28.8. The Bertz CT molecular complexity index is 934. The van der Waals surface area contributed by atoms with Gasteiger partial charge in [0.15, 0.2) is 0 Å². The highest BCUT2D eigenvalue weighted by molar-refractivity contribution is 7.89. The molecule has 0 amide bonds. The molecule has 3 aromatic rings. The number of sulfonamides is 1. The number of imidazole rings is 1. The van der Waals surface area contributed by atoms with Crippen LogP contribution in [0, 0.1) is 6.92 Å². The van der Waals surface area contributed by atoms with Gasteiger partial charge in [0.2, 0.25) is 10.0 Å². The van der Waals surface area contributed by atoms with Crippen molar-refractivity contribution in [2.45, 2.75) is 18.2 Å². The predicted molar refractivity (Wildman–Crippen MR) is 90.3 cm³/mol. The number of pyridine rings is 1. The van der Waals surface area contributed by atoms with Crippen molar-refractivity contribution in [3.05, 3.63) is 65.1 Å². The van der Waals surface area contributed by atoms with Crippen LogP contribution in [-0.2, 0) is 16.4 Å². The molecule has 0 unspecified atom stereocenters. The Kier molecular flexibility index (Phi) is 4.39. The van der Waals surface area contributed by atoms with Crippen molar-refractivity contribution in [2.24, 2.45) is 0 Å². The average Bonchev–Trinajstić information content (AvgIpc) is 2.89. The summed E-state index contributed by atoms with van der Waals surface area (Å²) in [6.45, 7) is 2.20. The standard InChI is InChI=1S/C16H16ClN3O2S/c1-12-2-5-15(6-3-12)23(21,22)18-9-8-14-11-20-10-13(17)4-7-16(20)19-14/h2-7,10-11,18H,8-9H2,1H3. The molecule has 0 spiro atoms. The van der Waals surface area contributed by atoms with Crippen LogP contribution in [0.3, 0.4) is 0 Å². The molecule has 7 heteroatoms. The lowest BCUT2D eigenvalue weighted by molar-refractivity contribution is 0.581. The van der Waals surface area contributed by atoms with Gasteiger partial charge >= 0.3 is 0 Å². The molecule has 2 heterocycles. The van der Waals surface area contributed by atoms with Crippen LogP contribution >= 0.6 is 11.6 Å². The average molecular weight is 350 g/mol. The maximum Gasteiger partial charge on any atom is 0.240 e. The summed E-state index contributed by atoms with van der Waals surface area (Å²) in [7, 11) is -3.49. The number of nitrogens with one attached hydrogen (secondary N) is 1. The number of fused-ring (bicyclic) bond motifs is 1. The minimum absolute atomic E-state index is 0.268. The summed E-state index contributed by atoms with van der Waals surface area (Å²) in [6.07, 6.45) is 4.12. The van der Waals surface area contributed by atoms with Gasteiger partial charge in [-0.1, -0.05) is 29.3 Å². The van der Waals surface area contributed by atoms with Gasteiger partial charge in [0.25, 0.3) is 0 Å². The normalized spacial score (nSPS) is 11.9. The number of benzene rings is 1. The van der Waals surface area contributed by atoms with E-state index in [0.717, 1.165) is 16.9 Å². The molecule has 0 saturated carbocycles. The molecule has 0 aliphatic carbocycles. The van der Waals surface area contributed by atoms with E-state index in [0.29, 0.717) is 11.4 Å². The van der Waals surface area contributed by atoms with Crippen LogP contribution in [0.5, 0.6) is 0 Å². The number of aryl methyl sites for hydroxylation is 1. The first-order valence-electron chi connectivity index (χ1n) is 7.13. The molecular formula is C16H16ClN3O2S. The molecule has 1 N–H and O–H groups in total. The van der Waals surface area contributed by atoms with Gasteiger partial charge in [0, 0.05) is 25.4 Å². The first kappa shape index (κ1) is 16.0. The van der Waals surface area contributed by atoms with E-state index in [1.807, 2.05) is 23.6 Å². The fourth-order valence-corrected chi connectivity index (χ4v) is 3.45. The summed E-state index contributed by atoms with van der Waals surface area (Å²) in [5, 5.41) is 0.626. The number of nitrogens with zero attached hydrogens (tertiary/aromatic N) is 2. The molecule has 5 nitrogen and oxygen atoms in total. The predicted octanol–water partition coefficient (Wildman–Crippen LogP) is 2.82. The molecule has 0 aliphatic heterocycles. The minimum Gasteiger partial charge on any atom is -0.305 e. The third kappa shape index (κ3) is 3.72. The summed E-state index contributed by atoms with van der Waals surface area (Å²) >= 11 is 5.93. The Hall–Kier alpha value is -1.89. The number of hydrogen-bond donors (Lipinski definition) is 1. The Morgan fingerprint density at radius 3 is 2.61 bits per heavy atom. The van der Waals surface area contributed by atoms with Crippen LogP contribution in [-0.4, -0.2) is 24.3 Å². The van der Waals surface area contributed by atoms with Crippen LogP contribution in [0.2, 0.25) is 5.02 Å². The van der Waals surface area contributed by atoms with Gasteiger partial charge in [-0.15, -0.1) is 0 Å². The van der Waals surface area contributed by atoms with Crippen LogP contribution in [0.25, 0.3) is 5.65 Å². The quantitative estimate of drug-likeness (QED) is 0.770. The second kappa shape index (κ2) is 6.31. The first-order chi connectivity index (χ1) is 10.9. The van der Waals surface area contributed by atoms with Crippen molar-refractivity contribution in [1.82, 2.24) is 14.1 Å². The summed E-state index contributed by atoms with van der Waals surface area (Å²) in [6, 6.07) is 10.4. The van der Waals surface area contributed by atoms with Crippen LogP contribution in [0.1, 0.15) is 11.3 Å². The molecule has 120 valence electrons. The van der Waals surface area contributed by atoms with Gasteiger partial charge in [0.1, 0.15) is 5.65 Å². The largest absolute Gasteiger partial charge is 0.305 e.